The van der Waals surface area contributed by atoms with E-state index in [2.05, 4.69) is 30.9 Å². The van der Waals surface area contributed by atoms with Crippen molar-refractivity contribution in [2.24, 2.45) is 0 Å². The minimum absolute atomic E-state index is 0.237. The van der Waals surface area contributed by atoms with E-state index in [-0.39, 0.29) is 5.69 Å². The van der Waals surface area contributed by atoms with Gasteiger partial charge in [0, 0.05) is 16.6 Å². The maximum atomic E-state index is 11.9. The molecule has 102 valence electrons. The van der Waals surface area contributed by atoms with Crippen molar-refractivity contribution in [2.75, 3.05) is 0 Å². The lowest BCUT2D eigenvalue weighted by Crippen LogP contribution is -2.22. The molecule has 0 aliphatic rings. The molecule has 2 aromatic heterocycles. The minimum atomic E-state index is -0.237. The summed E-state index contributed by atoms with van der Waals surface area (Å²) in [6.45, 7) is 2.43. The number of halogens is 1. The quantitative estimate of drug-likeness (QED) is 0.697. The molecule has 1 aromatic carbocycles. The normalized spacial score (nSPS) is 11.1. The largest absolute Gasteiger partial charge is 0.334 e. The Bertz CT molecular complexity index is 891. The van der Waals surface area contributed by atoms with Gasteiger partial charge in [0.2, 0.25) is 0 Å². The number of aromatic amines is 2. The van der Waals surface area contributed by atoms with Gasteiger partial charge in [-0.3, -0.25) is 9.55 Å². The monoisotopic (exact) mass is 350 g/mol. The van der Waals surface area contributed by atoms with Crippen LogP contribution in [0.2, 0.25) is 0 Å². The number of nitrogens with zero attached hydrogens (tertiary/aromatic N) is 2. The summed E-state index contributed by atoms with van der Waals surface area (Å²) in [6.07, 6.45) is 0. The first-order chi connectivity index (χ1) is 9.60. The van der Waals surface area contributed by atoms with Crippen LogP contribution in [0.4, 0.5) is 0 Å². The van der Waals surface area contributed by atoms with Crippen LogP contribution in [0, 0.1) is 4.64 Å². The topological polar surface area (TPSA) is 66.5 Å². The third kappa shape index (κ3) is 2.12. The molecule has 0 bridgehead atoms. The average Bonchev–Trinajstić information content (AvgIpc) is 2.85. The molecule has 0 atom stereocenters. The summed E-state index contributed by atoms with van der Waals surface area (Å²) < 4.78 is 2.94. The van der Waals surface area contributed by atoms with Gasteiger partial charge in [-0.15, -0.1) is 0 Å². The van der Waals surface area contributed by atoms with Crippen molar-refractivity contribution in [1.82, 2.24) is 19.5 Å². The highest BCUT2D eigenvalue weighted by Crippen LogP contribution is 2.21. The zero-order valence-electron chi connectivity index (χ0n) is 10.6. The molecule has 0 unspecified atom stereocenters. The fourth-order valence-electron chi connectivity index (χ4n) is 2.08. The smallest absolute Gasteiger partial charge is 0.328 e. The molecule has 3 rings (SSSR count). The van der Waals surface area contributed by atoms with Gasteiger partial charge in [0.1, 0.15) is 16.0 Å². The summed E-state index contributed by atoms with van der Waals surface area (Å²) in [5, 5.41) is 0. The highest BCUT2D eigenvalue weighted by Gasteiger charge is 2.11. The molecule has 0 radical (unpaired) electrons. The Morgan fingerprint density at radius 2 is 2.00 bits per heavy atom. The van der Waals surface area contributed by atoms with Gasteiger partial charge in [-0.25, -0.2) is 9.78 Å². The first-order valence-corrected chi connectivity index (χ1v) is 7.29. The first-order valence-electron chi connectivity index (χ1n) is 6.09. The fraction of sp³-hybridized carbons (Fsp3) is 0.154. The third-order valence-corrected chi connectivity index (χ3v) is 3.90. The van der Waals surface area contributed by atoms with Crippen LogP contribution in [-0.4, -0.2) is 19.5 Å². The molecular weight excluding hydrogens is 340 g/mol. The SMILES string of the molecule is CCn1c(=O)[nH]c(=S)c2[nH]c(-c3ccc(Br)cc3)nc21. The standard InChI is InChI=1S/C13H11BrN4OS/c1-2-18-11-9(12(20)17-13(18)19)15-10(16-11)7-3-5-8(14)6-4-7/h3-6H,2H2,1H3,(H,15,16)(H,17,19,20). The molecule has 7 heteroatoms. The first kappa shape index (κ1) is 13.3. The number of aromatic nitrogens is 4. The second-order valence-electron chi connectivity index (χ2n) is 4.29. The van der Waals surface area contributed by atoms with Crippen molar-refractivity contribution in [1.29, 1.82) is 0 Å². The van der Waals surface area contributed by atoms with E-state index in [9.17, 15) is 4.79 Å². The van der Waals surface area contributed by atoms with Crippen LogP contribution in [0.15, 0.2) is 33.5 Å². The molecule has 5 nitrogen and oxygen atoms in total. The maximum Gasteiger partial charge on any atom is 0.328 e. The van der Waals surface area contributed by atoms with Gasteiger partial charge in [0.15, 0.2) is 5.65 Å². The number of rotatable bonds is 2. The van der Waals surface area contributed by atoms with Crippen LogP contribution in [0.1, 0.15) is 6.92 Å². The molecule has 2 N–H and O–H groups in total. The van der Waals surface area contributed by atoms with E-state index in [0.29, 0.717) is 28.2 Å². The molecule has 0 spiro atoms. The maximum absolute atomic E-state index is 11.9. The fourth-order valence-corrected chi connectivity index (χ4v) is 2.57. The lowest BCUT2D eigenvalue weighted by atomic mass is 10.2. The molecule has 0 amide bonds. The summed E-state index contributed by atoms with van der Waals surface area (Å²) in [6, 6.07) is 7.78. The number of nitrogens with one attached hydrogen (secondary N) is 2. The highest BCUT2D eigenvalue weighted by atomic mass is 79.9. The second kappa shape index (κ2) is 4.99. The number of imidazole rings is 1. The number of fused-ring (bicyclic) bond motifs is 1. The van der Waals surface area contributed by atoms with Crippen LogP contribution >= 0.6 is 28.1 Å². The van der Waals surface area contributed by atoms with Gasteiger partial charge in [-0.05, 0) is 19.1 Å². The van der Waals surface area contributed by atoms with E-state index >= 15 is 0 Å². The van der Waals surface area contributed by atoms with Gasteiger partial charge < -0.3 is 4.98 Å². The minimum Gasteiger partial charge on any atom is -0.334 e. The van der Waals surface area contributed by atoms with Crippen LogP contribution in [0.3, 0.4) is 0 Å². The summed E-state index contributed by atoms with van der Waals surface area (Å²) in [4.78, 5) is 22.2. The van der Waals surface area contributed by atoms with Crippen LogP contribution in [0.25, 0.3) is 22.6 Å². The van der Waals surface area contributed by atoms with E-state index in [0.717, 1.165) is 10.0 Å². The molecule has 0 aliphatic carbocycles. The van der Waals surface area contributed by atoms with Crippen molar-refractivity contribution < 1.29 is 0 Å². The van der Waals surface area contributed by atoms with E-state index in [1.54, 1.807) is 4.57 Å². The third-order valence-electron chi connectivity index (χ3n) is 3.07. The molecular formula is C13H11BrN4OS. The molecule has 0 aliphatic heterocycles. The van der Waals surface area contributed by atoms with Crippen molar-refractivity contribution in [3.63, 3.8) is 0 Å². The Hall–Kier alpha value is -1.73. The van der Waals surface area contributed by atoms with Crippen molar-refractivity contribution in [3.05, 3.63) is 43.9 Å². The molecule has 2 heterocycles. The summed E-state index contributed by atoms with van der Waals surface area (Å²) in [7, 11) is 0. The summed E-state index contributed by atoms with van der Waals surface area (Å²) in [5.41, 5.74) is 1.96. The number of H-pyrrole nitrogens is 2. The van der Waals surface area contributed by atoms with Gasteiger partial charge in [-0.2, -0.15) is 0 Å². The summed E-state index contributed by atoms with van der Waals surface area (Å²) in [5.74, 6) is 0.694. The van der Waals surface area contributed by atoms with E-state index in [1.807, 2.05) is 31.2 Å². The van der Waals surface area contributed by atoms with Gasteiger partial charge in [0.05, 0.1) is 0 Å². The average molecular weight is 351 g/mol. The Labute approximate surface area is 127 Å². The zero-order chi connectivity index (χ0) is 14.3. The zero-order valence-corrected chi connectivity index (χ0v) is 13.0. The summed E-state index contributed by atoms with van der Waals surface area (Å²) >= 11 is 8.58. The lowest BCUT2D eigenvalue weighted by molar-refractivity contribution is 0.722. The highest BCUT2D eigenvalue weighted by molar-refractivity contribution is 9.10. The van der Waals surface area contributed by atoms with Crippen molar-refractivity contribution in [3.8, 4) is 11.4 Å². The number of hydrogen-bond acceptors (Lipinski definition) is 3. The lowest BCUT2D eigenvalue weighted by Gasteiger charge is -2.00. The predicted octanol–water partition coefficient (Wildman–Crippen LogP) is 3.23. The van der Waals surface area contributed by atoms with E-state index in [1.165, 1.54) is 0 Å². The Balaban J connectivity index is 2.30. The second-order valence-corrected chi connectivity index (χ2v) is 5.62. The van der Waals surface area contributed by atoms with Crippen molar-refractivity contribution in [2.45, 2.75) is 13.5 Å². The van der Waals surface area contributed by atoms with E-state index in [4.69, 9.17) is 12.2 Å². The predicted molar refractivity (Wildman–Crippen MR) is 84.3 cm³/mol. The Morgan fingerprint density at radius 3 is 2.65 bits per heavy atom. The molecule has 0 saturated heterocycles. The molecule has 3 aromatic rings. The molecule has 0 fully saturated rings. The number of hydrogen-bond donors (Lipinski definition) is 2. The Morgan fingerprint density at radius 1 is 1.30 bits per heavy atom. The van der Waals surface area contributed by atoms with Gasteiger partial charge >= 0.3 is 5.69 Å². The van der Waals surface area contributed by atoms with Crippen LogP contribution in [0.5, 0.6) is 0 Å². The van der Waals surface area contributed by atoms with Gasteiger partial charge in [0.25, 0.3) is 0 Å². The molecule has 20 heavy (non-hydrogen) atoms. The van der Waals surface area contributed by atoms with Gasteiger partial charge in [-0.1, -0.05) is 40.3 Å². The van der Waals surface area contributed by atoms with E-state index < -0.39 is 0 Å². The van der Waals surface area contributed by atoms with Crippen LogP contribution in [-0.2, 0) is 6.54 Å². The van der Waals surface area contributed by atoms with Crippen molar-refractivity contribution >= 4 is 39.3 Å². The number of benzene rings is 1. The molecule has 0 saturated carbocycles. The Kier molecular flexibility index (Phi) is 3.31. The number of aryl methyl sites for hydroxylation is 1. The van der Waals surface area contributed by atoms with Crippen LogP contribution < -0.4 is 5.69 Å².